The van der Waals surface area contributed by atoms with Crippen molar-refractivity contribution in [2.24, 2.45) is 0 Å². The molecule has 2 aromatic heterocycles. The van der Waals surface area contributed by atoms with Crippen molar-refractivity contribution in [3.63, 3.8) is 0 Å². The molecule has 0 radical (unpaired) electrons. The average Bonchev–Trinajstić information content (AvgIpc) is 2.38. The largest absolute Gasteiger partial charge is 0.416 e. The number of hydrogen-bond acceptors (Lipinski definition) is 3. The minimum Gasteiger partial charge on any atom is -0.325 e. The molecule has 0 bridgehead atoms. The molecule has 0 spiro atoms. The molecule has 3 nitrogen and oxygen atoms in total. The summed E-state index contributed by atoms with van der Waals surface area (Å²) >= 11 is 0. The quantitative estimate of drug-likeness (QED) is 0.861. The van der Waals surface area contributed by atoms with Crippen LogP contribution < -0.4 is 5.32 Å². The van der Waals surface area contributed by atoms with E-state index in [4.69, 9.17) is 0 Å². The summed E-state index contributed by atoms with van der Waals surface area (Å²) in [5, 5.41) is 2.36. The summed E-state index contributed by atoms with van der Waals surface area (Å²) in [6.07, 6.45) is -5.13. The third kappa shape index (κ3) is 3.19. The van der Waals surface area contributed by atoms with Gasteiger partial charge in [0.2, 0.25) is 0 Å². The predicted molar refractivity (Wildman–Crippen MR) is 61.7 cm³/mol. The minimum absolute atomic E-state index is 0.208. The zero-order valence-electron chi connectivity index (χ0n) is 9.83. The highest BCUT2D eigenvalue weighted by Gasteiger charge is 2.30. The van der Waals surface area contributed by atoms with E-state index in [1.54, 1.807) is 0 Å². The molecule has 0 aromatic carbocycles. The van der Waals surface area contributed by atoms with Gasteiger partial charge in [-0.05, 0) is 24.3 Å². The summed E-state index contributed by atoms with van der Waals surface area (Å²) < 4.78 is 63.0. The summed E-state index contributed by atoms with van der Waals surface area (Å²) in [7, 11) is 0. The molecular weight excluding hydrogens is 281 g/mol. The second kappa shape index (κ2) is 5.40. The van der Waals surface area contributed by atoms with Crippen LogP contribution in [0.5, 0.6) is 0 Å². The van der Waals surface area contributed by atoms with Crippen molar-refractivity contribution in [1.82, 2.24) is 9.97 Å². The summed E-state index contributed by atoms with van der Waals surface area (Å²) in [5.74, 6) is -0.435. The Morgan fingerprint density at radius 1 is 1.05 bits per heavy atom. The van der Waals surface area contributed by atoms with Gasteiger partial charge in [-0.1, -0.05) is 0 Å². The molecule has 0 saturated carbocycles. The van der Waals surface area contributed by atoms with Crippen LogP contribution in [0.2, 0.25) is 0 Å². The standard InChI is InChI=1S/C12H8F5N3/c13-10(14)8-2-1-4-19-11(8)20-9-6-7(3-5-18-9)12(15,16)17/h1-6,10H,(H,18,19,20). The van der Waals surface area contributed by atoms with Gasteiger partial charge in [0.05, 0.1) is 11.1 Å². The van der Waals surface area contributed by atoms with Gasteiger partial charge in [-0.25, -0.2) is 18.7 Å². The van der Waals surface area contributed by atoms with Crippen LogP contribution in [0.4, 0.5) is 33.6 Å². The highest BCUT2D eigenvalue weighted by molar-refractivity contribution is 5.56. The van der Waals surface area contributed by atoms with Crippen molar-refractivity contribution in [2.75, 3.05) is 5.32 Å². The van der Waals surface area contributed by atoms with E-state index < -0.39 is 23.7 Å². The molecular formula is C12H8F5N3. The molecule has 0 unspecified atom stereocenters. The Bertz CT molecular complexity index is 598. The SMILES string of the molecule is FC(F)c1cccnc1Nc1cc(C(F)(F)F)ccn1. The topological polar surface area (TPSA) is 37.8 Å². The fraction of sp³-hybridized carbons (Fsp3) is 0.167. The van der Waals surface area contributed by atoms with Crippen molar-refractivity contribution in [3.05, 3.63) is 47.8 Å². The van der Waals surface area contributed by atoms with Gasteiger partial charge in [-0.2, -0.15) is 13.2 Å². The molecule has 0 aliphatic carbocycles. The number of halogens is 5. The van der Waals surface area contributed by atoms with Crippen molar-refractivity contribution < 1.29 is 22.0 Å². The molecule has 0 atom stereocenters. The normalized spacial score (nSPS) is 11.7. The van der Waals surface area contributed by atoms with E-state index in [9.17, 15) is 22.0 Å². The number of hydrogen-bond donors (Lipinski definition) is 1. The molecule has 2 rings (SSSR count). The second-order valence-corrected chi connectivity index (χ2v) is 3.79. The highest BCUT2D eigenvalue weighted by Crippen LogP contribution is 2.31. The van der Waals surface area contributed by atoms with E-state index in [2.05, 4.69) is 15.3 Å². The van der Waals surface area contributed by atoms with Crippen molar-refractivity contribution >= 4 is 11.6 Å². The van der Waals surface area contributed by atoms with E-state index in [-0.39, 0.29) is 11.6 Å². The number of rotatable bonds is 3. The zero-order valence-corrected chi connectivity index (χ0v) is 9.83. The Balaban J connectivity index is 2.31. The first-order valence-corrected chi connectivity index (χ1v) is 5.41. The molecule has 0 fully saturated rings. The Morgan fingerprint density at radius 2 is 1.80 bits per heavy atom. The maximum Gasteiger partial charge on any atom is 0.416 e. The number of pyridine rings is 2. The third-order valence-corrected chi connectivity index (χ3v) is 2.41. The lowest BCUT2D eigenvalue weighted by Crippen LogP contribution is -2.07. The first-order chi connectivity index (χ1) is 9.38. The number of aromatic nitrogens is 2. The first kappa shape index (κ1) is 14.2. The molecule has 0 aliphatic rings. The zero-order chi connectivity index (χ0) is 14.8. The second-order valence-electron chi connectivity index (χ2n) is 3.79. The van der Waals surface area contributed by atoms with Crippen LogP contribution in [0, 0.1) is 0 Å². The van der Waals surface area contributed by atoms with Crippen LogP contribution in [0.25, 0.3) is 0 Å². The van der Waals surface area contributed by atoms with Crippen LogP contribution in [-0.4, -0.2) is 9.97 Å². The van der Waals surface area contributed by atoms with Crippen molar-refractivity contribution in [3.8, 4) is 0 Å². The molecule has 2 aromatic rings. The van der Waals surface area contributed by atoms with Crippen molar-refractivity contribution in [1.29, 1.82) is 0 Å². The summed E-state index contributed by atoms with van der Waals surface area (Å²) in [4.78, 5) is 7.33. The van der Waals surface area contributed by atoms with Crippen LogP contribution in [0.1, 0.15) is 17.6 Å². The maximum atomic E-state index is 12.7. The molecule has 106 valence electrons. The van der Waals surface area contributed by atoms with Gasteiger partial charge in [-0.3, -0.25) is 0 Å². The summed E-state index contributed by atoms with van der Waals surface area (Å²) in [6.45, 7) is 0. The Morgan fingerprint density at radius 3 is 2.45 bits per heavy atom. The van der Waals surface area contributed by atoms with E-state index in [1.165, 1.54) is 12.3 Å². The molecule has 0 amide bonds. The van der Waals surface area contributed by atoms with Gasteiger partial charge in [0.1, 0.15) is 11.6 Å². The lowest BCUT2D eigenvalue weighted by molar-refractivity contribution is -0.137. The fourth-order valence-electron chi connectivity index (χ4n) is 1.49. The molecule has 1 N–H and O–H groups in total. The van der Waals surface area contributed by atoms with Gasteiger partial charge in [0, 0.05) is 12.4 Å². The van der Waals surface area contributed by atoms with Gasteiger partial charge >= 0.3 is 6.18 Å². The maximum absolute atomic E-state index is 12.7. The van der Waals surface area contributed by atoms with E-state index in [1.807, 2.05) is 0 Å². The Hall–Kier alpha value is -2.25. The van der Waals surface area contributed by atoms with Gasteiger partial charge in [-0.15, -0.1) is 0 Å². The lowest BCUT2D eigenvalue weighted by Gasteiger charge is -2.11. The summed E-state index contributed by atoms with van der Waals surface area (Å²) in [5.41, 5.74) is -1.34. The Kier molecular flexibility index (Phi) is 3.82. The van der Waals surface area contributed by atoms with Crippen LogP contribution in [0.3, 0.4) is 0 Å². The minimum atomic E-state index is -4.53. The fourth-order valence-corrected chi connectivity index (χ4v) is 1.49. The highest BCUT2D eigenvalue weighted by atomic mass is 19.4. The lowest BCUT2D eigenvalue weighted by atomic mass is 10.2. The van der Waals surface area contributed by atoms with Gasteiger partial charge in [0.15, 0.2) is 0 Å². The molecule has 2 heterocycles. The average molecular weight is 289 g/mol. The van der Waals surface area contributed by atoms with Gasteiger partial charge < -0.3 is 5.32 Å². The number of nitrogens with one attached hydrogen (secondary N) is 1. The van der Waals surface area contributed by atoms with Crippen LogP contribution in [0.15, 0.2) is 36.7 Å². The van der Waals surface area contributed by atoms with Gasteiger partial charge in [0.25, 0.3) is 6.43 Å². The molecule has 0 saturated heterocycles. The number of alkyl halides is 5. The molecule has 0 aliphatic heterocycles. The number of nitrogens with zero attached hydrogens (tertiary/aromatic N) is 2. The van der Waals surface area contributed by atoms with E-state index >= 15 is 0 Å². The van der Waals surface area contributed by atoms with E-state index in [0.717, 1.165) is 24.4 Å². The monoisotopic (exact) mass is 289 g/mol. The first-order valence-electron chi connectivity index (χ1n) is 5.41. The van der Waals surface area contributed by atoms with Crippen LogP contribution >= 0.6 is 0 Å². The molecule has 8 heteroatoms. The smallest absolute Gasteiger partial charge is 0.325 e. The number of anilines is 2. The molecule has 20 heavy (non-hydrogen) atoms. The van der Waals surface area contributed by atoms with Crippen LogP contribution in [-0.2, 0) is 6.18 Å². The summed E-state index contributed by atoms with van der Waals surface area (Å²) in [6, 6.07) is 3.96. The predicted octanol–water partition coefficient (Wildman–Crippen LogP) is 4.18. The van der Waals surface area contributed by atoms with Crippen molar-refractivity contribution in [2.45, 2.75) is 12.6 Å². The third-order valence-electron chi connectivity index (χ3n) is 2.41. The van der Waals surface area contributed by atoms with E-state index in [0.29, 0.717) is 0 Å². The Labute approximate surface area is 110 Å².